The molecule has 1 unspecified atom stereocenters. The van der Waals surface area contributed by atoms with Crippen LogP contribution < -0.4 is 5.32 Å². The van der Waals surface area contributed by atoms with E-state index in [4.69, 9.17) is 16.3 Å². The van der Waals surface area contributed by atoms with Gasteiger partial charge in [0.05, 0.1) is 22.4 Å². The number of amides is 1. The van der Waals surface area contributed by atoms with Crippen LogP contribution in [0.25, 0.3) is 11.0 Å². The molecule has 2 aromatic rings. The normalized spacial score (nSPS) is 12.6. The van der Waals surface area contributed by atoms with E-state index in [-0.39, 0.29) is 5.91 Å². The molecule has 0 aliphatic heterocycles. The molecule has 0 spiro atoms. The summed E-state index contributed by atoms with van der Waals surface area (Å²) >= 11 is 7.11. The summed E-state index contributed by atoms with van der Waals surface area (Å²) in [6, 6.07) is 3.44. The number of fused-ring (bicyclic) bond motifs is 1. The van der Waals surface area contributed by atoms with Crippen LogP contribution in [0.4, 0.5) is 5.69 Å². The molecular weight excluding hydrogens is 262 g/mol. The maximum atomic E-state index is 11.7. The molecule has 90 valence electrons. The number of carbonyl (C=O) groups is 1. The van der Waals surface area contributed by atoms with Crippen molar-refractivity contribution in [1.82, 2.24) is 8.75 Å². The molecule has 0 aliphatic carbocycles. The van der Waals surface area contributed by atoms with Crippen molar-refractivity contribution in [2.75, 3.05) is 12.4 Å². The first-order valence-corrected chi connectivity index (χ1v) is 5.98. The van der Waals surface area contributed by atoms with Crippen LogP contribution in [0.15, 0.2) is 12.1 Å². The Morgan fingerprint density at radius 2 is 2.29 bits per heavy atom. The van der Waals surface area contributed by atoms with Crippen molar-refractivity contribution in [3.63, 3.8) is 0 Å². The van der Waals surface area contributed by atoms with Crippen LogP contribution in [0.1, 0.15) is 6.92 Å². The van der Waals surface area contributed by atoms with E-state index in [1.165, 1.54) is 7.11 Å². The highest BCUT2D eigenvalue weighted by Crippen LogP contribution is 2.29. The van der Waals surface area contributed by atoms with E-state index in [0.29, 0.717) is 21.7 Å². The van der Waals surface area contributed by atoms with Crippen molar-refractivity contribution in [2.45, 2.75) is 13.0 Å². The zero-order valence-corrected chi connectivity index (χ0v) is 10.8. The predicted molar refractivity (Wildman–Crippen MR) is 67.5 cm³/mol. The van der Waals surface area contributed by atoms with E-state index in [9.17, 15) is 4.79 Å². The molecule has 0 saturated carbocycles. The van der Waals surface area contributed by atoms with Crippen LogP contribution >= 0.6 is 23.3 Å². The van der Waals surface area contributed by atoms with Gasteiger partial charge in [0.1, 0.15) is 17.1 Å². The number of nitrogens with one attached hydrogen (secondary N) is 1. The topological polar surface area (TPSA) is 64.1 Å². The summed E-state index contributed by atoms with van der Waals surface area (Å²) in [6.07, 6.45) is -0.548. The minimum atomic E-state index is -0.548. The number of benzene rings is 1. The zero-order valence-electron chi connectivity index (χ0n) is 9.23. The molecule has 1 atom stereocenters. The van der Waals surface area contributed by atoms with Crippen LogP contribution in [-0.2, 0) is 9.53 Å². The fraction of sp³-hybridized carbons (Fsp3) is 0.300. The number of ether oxygens (including phenoxy) is 1. The fourth-order valence-corrected chi connectivity index (χ4v) is 2.02. The predicted octanol–water partition coefficient (Wildman–Crippen LogP) is 2.32. The summed E-state index contributed by atoms with van der Waals surface area (Å²) in [4.78, 5) is 11.7. The number of methoxy groups -OCH3 is 1. The summed E-state index contributed by atoms with van der Waals surface area (Å²) < 4.78 is 13.1. The van der Waals surface area contributed by atoms with Gasteiger partial charge in [-0.3, -0.25) is 4.79 Å². The Morgan fingerprint density at radius 3 is 3.00 bits per heavy atom. The van der Waals surface area contributed by atoms with Gasteiger partial charge < -0.3 is 10.1 Å². The summed E-state index contributed by atoms with van der Waals surface area (Å²) in [6.45, 7) is 1.66. The van der Waals surface area contributed by atoms with Crippen LogP contribution in [0.3, 0.4) is 0 Å². The minimum absolute atomic E-state index is 0.269. The highest BCUT2D eigenvalue weighted by Gasteiger charge is 2.16. The molecule has 0 fully saturated rings. The molecule has 0 saturated heterocycles. The number of anilines is 1. The highest BCUT2D eigenvalue weighted by atomic mass is 35.5. The van der Waals surface area contributed by atoms with E-state index in [0.717, 1.165) is 11.7 Å². The molecule has 0 bridgehead atoms. The van der Waals surface area contributed by atoms with Crippen molar-refractivity contribution in [2.24, 2.45) is 0 Å². The average Bonchev–Trinajstić information content (AvgIpc) is 2.80. The van der Waals surface area contributed by atoms with Gasteiger partial charge in [-0.25, -0.2) is 0 Å². The van der Waals surface area contributed by atoms with Crippen LogP contribution in [-0.4, -0.2) is 27.9 Å². The van der Waals surface area contributed by atoms with E-state index >= 15 is 0 Å². The first-order valence-electron chi connectivity index (χ1n) is 4.88. The Labute approximate surface area is 107 Å². The van der Waals surface area contributed by atoms with Crippen LogP contribution in [0.2, 0.25) is 5.02 Å². The molecule has 1 heterocycles. The first-order chi connectivity index (χ1) is 8.13. The van der Waals surface area contributed by atoms with Gasteiger partial charge in [-0.15, -0.1) is 0 Å². The van der Waals surface area contributed by atoms with Gasteiger partial charge >= 0.3 is 0 Å². The molecule has 2 rings (SSSR count). The number of aromatic nitrogens is 2. The summed E-state index contributed by atoms with van der Waals surface area (Å²) in [5.41, 5.74) is 1.78. The van der Waals surface area contributed by atoms with E-state index in [1.54, 1.807) is 19.1 Å². The molecule has 7 heteroatoms. The molecule has 5 nitrogen and oxygen atoms in total. The van der Waals surface area contributed by atoms with Crippen molar-refractivity contribution < 1.29 is 9.53 Å². The molecule has 1 amide bonds. The third kappa shape index (κ3) is 2.38. The number of rotatable bonds is 3. The van der Waals surface area contributed by atoms with E-state index in [1.807, 2.05) is 0 Å². The van der Waals surface area contributed by atoms with Crippen molar-refractivity contribution in [3.8, 4) is 0 Å². The molecule has 17 heavy (non-hydrogen) atoms. The Balaban J connectivity index is 2.37. The lowest BCUT2D eigenvalue weighted by Gasteiger charge is -2.11. The van der Waals surface area contributed by atoms with E-state index in [2.05, 4.69) is 14.1 Å². The lowest BCUT2D eigenvalue weighted by Crippen LogP contribution is -2.26. The molecule has 0 radical (unpaired) electrons. The van der Waals surface area contributed by atoms with Gasteiger partial charge in [-0.2, -0.15) is 8.75 Å². The largest absolute Gasteiger partial charge is 0.372 e. The third-order valence-electron chi connectivity index (χ3n) is 2.35. The fourth-order valence-electron chi connectivity index (χ4n) is 1.28. The van der Waals surface area contributed by atoms with Crippen molar-refractivity contribution >= 4 is 46.0 Å². The number of nitrogens with zero attached hydrogens (tertiary/aromatic N) is 2. The van der Waals surface area contributed by atoms with E-state index < -0.39 is 6.10 Å². The average molecular weight is 272 g/mol. The Hall–Kier alpha value is -1.24. The van der Waals surface area contributed by atoms with Crippen molar-refractivity contribution in [3.05, 3.63) is 17.2 Å². The second-order valence-electron chi connectivity index (χ2n) is 3.42. The smallest absolute Gasteiger partial charge is 0.253 e. The molecular formula is C10H10ClN3O2S. The summed E-state index contributed by atoms with van der Waals surface area (Å²) in [5.74, 6) is -0.269. The maximum Gasteiger partial charge on any atom is 0.253 e. The van der Waals surface area contributed by atoms with Crippen molar-refractivity contribution in [1.29, 1.82) is 0 Å². The van der Waals surface area contributed by atoms with Crippen LogP contribution in [0, 0.1) is 0 Å². The number of halogens is 1. The second-order valence-corrected chi connectivity index (χ2v) is 4.36. The zero-order chi connectivity index (χ0) is 12.4. The monoisotopic (exact) mass is 271 g/mol. The number of carbonyl (C=O) groups excluding carboxylic acids is 1. The first kappa shape index (κ1) is 12.2. The summed E-state index contributed by atoms with van der Waals surface area (Å²) in [5, 5.41) is 3.13. The van der Waals surface area contributed by atoms with Gasteiger partial charge in [0.2, 0.25) is 0 Å². The third-order valence-corrected chi connectivity index (χ3v) is 3.21. The number of hydrogen-bond acceptors (Lipinski definition) is 5. The van der Waals surface area contributed by atoms with Gasteiger partial charge in [0, 0.05) is 7.11 Å². The minimum Gasteiger partial charge on any atom is -0.372 e. The SMILES string of the molecule is COC(C)C(=O)Nc1c(Cl)ccc2nsnc12. The van der Waals surface area contributed by atoms with Gasteiger partial charge in [-0.1, -0.05) is 11.6 Å². The molecule has 1 N–H and O–H groups in total. The van der Waals surface area contributed by atoms with Crippen LogP contribution in [0.5, 0.6) is 0 Å². The Kier molecular flexibility index (Phi) is 3.56. The number of hydrogen-bond donors (Lipinski definition) is 1. The second kappa shape index (κ2) is 4.95. The Morgan fingerprint density at radius 1 is 1.53 bits per heavy atom. The van der Waals surface area contributed by atoms with Gasteiger partial charge in [0.15, 0.2) is 0 Å². The van der Waals surface area contributed by atoms with Gasteiger partial charge in [-0.05, 0) is 19.1 Å². The highest BCUT2D eigenvalue weighted by molar-refractivity contribution is 7.00. The summed E-state index contributed by atoms with van der Waals surface area (Å²) in [7, 11) is 1.47. The lowest BCUT2D eigenvalue weighted by molar-refractivity contribution is -0.124. The lowest BCUT2D eigenvalue weighted by atomic mass is 10.2. The molecule has 1 aromatic heterocycles. The standard InChI is InChI=1S/C10H10ClN3O2S/c1-5(16-2)10(15)12-8-6(11)3-4-7-9(8)14-17-13-7/h3-5H,1-2H3,(H,12,15). The Bertz CT molecular complexity index is 557. The maximum absolute atomic E-state index is 11.7. The molecule has 1 aromatic carbocycles. The quantitative estimate of drug-likeness (QED) is 0.930. The van der Waals surface area contributed by atoms with Gasteiger partial charge in [0.25, 0.3) is 5.91 Å². The molecule has 0 aliphatic rings.